The Morgan fingerprint density at radius 3 is 2.65 bits per heavy atom. The molecule has 1 saturated carbocycles. The van der Waals surface area contributed by atoms with Gasteiger partial charge in [0.1, 0.15) is 0 Å². The van der Waals surface area contributed by atoms with Crippen LogP contribution in [0.5, 0.6) is 0 Å². The van der Waals surface area contributed by atoms with Crippen molar-refractivity contribution in [1.82, 2.24) is 4.90 Å². The van der Waals surface area contributed by atoms with Crippen molar-refractivity contribution in [3.63, 3.8) is 0 Å². The molecule has 2 N–H and O–H groups in total. The SMILES string of the molecule is CCN(C1CCCCC1)C(CN)c1cc(Cl)ccc1Br. The van der Waals surface area contributed by atoms with Crippen molar-refractivity contribution in [3.05, 3.63) is 33.3 Å². The predicted molar refractivity (Wildman–Crippen MR) is 90.2 cm³/mol. The van der Waals surface area contributed by atoms with Crippen LogP contribution in [0.1, 0.15) is 50.6 Å². The fourth-order valence-electron chi connectivity index (χ4n) is 3.36. The van der Waals surface area contributed by atoms with E-state index in [0.717, 1.165) is 16.0 Å². The van der Waals surface area contributed by atoms with E-state index < -0.39 is 0 Å². The van der Waals surface area contributed by atoms with Crippen LogP contribution in [0.2, 0.25) is 5.02 Å². The lowest BCUT2D eigenvalue weighted by molar-refractivity contribution is 0.113. The van der Waals surface area contributed by atoms with Crippen LogP contribution in [0.3, 0.4) is 0 Å². The maximum absolute atomic E-state index is 6.17. The van der Waals surface area contributed by atoms with E-state index in [1.54, 1.807) is 0 Å². The largest absolute Gasteiger partial charge is 0.329 e. The Labute approximate surface area is 135 Å². The van der Waals surface area contributed by atoms with Gasteiger partial charge in [0, 0.05) is 28.1 Å². The van der Waals surface area contributed by atoms with E-state index in [4.69, 9.17) is 17.3 Å². The molecule has 1 aromatic carbocycles. The van der Waals surface area contributed by atoms with Crippen LogP contribution >= 0.6 is 27.5 Å². The summed E-state index contributed by atoms with van der Waals surface area (Å²) in [7, 11) is 0. The smallest absolute Gasteiger partial charge is 0.0484 e. The fourth-order valence-corrected chi connectivity index (χ4v) is 4.05. The van der Waals surface area contributed by atoms with Gasteiger partial charge < -0.3 is 5.73 Å². The number of hydrogen-bond acceptors (Lipinski definition) is 2. The molecule has 0 saturated heterocycles. The maximum Gasteiger partial charge on any atom is 0.0484 e. The van der Waals surface area contributed by atoms with Crippen LogP contribution in [-0.4, -0.2) is 24.0 Å². The zero-order valence-corrected chi connectivity index (χ0v) is 14.5. The van der Waals surface area contributed by atoms with E-state index in [-0.39, 0.29) is 6.04 Å². The number of likely N-dealkylation sites (N-methyl/N-ethyl adjacent to an activating group) is 1. The molecule has 2 nitrogen and oxygen atoms in total. The van der Waals surface area contributed by atoms with Gasteiger partial charge in [0.15, 0.2) is 0 Å². The second kappa shape index (κ2) is 7.79. The summed E-state index contributed by atoms with van der Waals surface area (Å²) in [5.41, 5.74) is 7.32. The molecule has 0 radical (unpaired) electrons. The monoisotopic (exact) mass is 358 g/mol. The molecule has 1 aromatic rings. The summed E-state index contributed by atoms with van der Waals surface area (Å²) < 4.78 is 1.10. The van der Waals surface area contributed by atoms with Gasteiger partial charge in [-0.15, -0.1) is 0 Å². The minimum Gasteiger partial charge on any atom is -0.329 e. The third-order valence-corrected chi connectivity index (χ3v) is 5.31. The number of nitrogens with two attached hydrogens (primary N) is 1. The predicted octanol–water partition coefficient (Wildman–Crippen LogP) is 4.76. The summed E-state index contributed by atoms with van der Waals surface area (Å²) >= 11 is 9.82. The zero-order chi connectivity index (χ0) is 14.5. The molecule has 1 unspecified atom stereocenters. The summed E-state index contributed by atoms with van der Waals surface area (Å²) in [5, 5.41) is 0.779. The Hall–Kier alpha value is -0.0900. The number of hydrogen-bond donors (Lipinski definition) is 1. The van der Waals surface area contributed by atoms with Crippen molar-refractivity contribution in [1.29, 1.82) is 0 Å². The number of rotatable bonds is 5. The van der Waals surface area contributed by atoms with Gasteiger partial charge in [-0.05, 0) is 43.1 Å². The van der Waals surface area contributed by atoms with Crippen LogP contribution in [0.15, 0.2) is 22.7 Å². The van der Waals surface area contributed by atoms with Gasteiger partial charge in [-0.1, -0.05) is 53.7 Å². The van der Waals surface area contributed by atoms with Crippen molar-refractivity contribution >= 4 is 27.5 Å². The highest BCUT2D eigenvalue weighted by molar-refractivity contribution is 9.10. The standard InChI is InChI=1S/C16H24BrClN2/c1-2-20(13-6-4-3-5-7-13)16(11-19)14-10-12(18)8-9-15(14)17/h8-10,13,16H,2-7,11,19H2,1H3. The van der Waals surface area contributed by atoms with Crippen LogP contribution in [-0.2, 0) is 0 Å². The van der Waals surface area contributed by atoms with Gasteiger partial charge >= 0.3 is 0 Å². The van der Waals surface area contributed by atoms with Crippen LogP contribution in [0, 0.1) is 0 Å². The van der Waals surface area contributed by atoms with Crippen LogP contribution in [0.25, 0.3) is 0 Å². The molecule has 1 atom stereocenters. The normalized spacial score (nSPS) is 18.4. The average molecular weight is 360 g/mol. The quantitative estimate of drug-likeness (QED) is 0.821. The highest BCUT2D eigenvalue weighted by Gasteiger charge is 2.27. The first-order valence-electron chi connectivity index (χ1n) is 7.58. The van der Waals surface area contributed by atoms with Gasteiger partial charge in [-0.2, -0.15) is 0 Å². The molecule has 4 heteroatoms. The van der Waals surface area contributed by atoms with Crippen molar-refractivity contribution < 1.29 is 0 Å². The van der Waals surface area contributed by atoms with E-state index in [0.29, 0.717) is 12.6 Å². The van der Waals surface area contributed by atoms with Gasteiger partial charge in [-0.25, -0.2) is 0 Å². The molecular weight excluding hydrogens is 336 g/mol. The Morgan fingerprint density at radius 1 is 1.35 bits per heavy atom. The van der Waals surface area contributed by atoms with Gasteiger partial charge in [-0.3, -0.25) is 4.90 Å². The number of benzene rings is 1. The van der Waals surface area contributed by atoms with E-state index in [9.17, 15) is 0 Å². The molecule has 0 heterocycles. The second-order valence-corrected chi connectivity index (χ2v) is 6.83. The Balaban J connectivity index is 2.26. The summed E-state index contributed by atoms with van der Waals surface area (Å²) in [4.78, 5) is 2.57. The van der Waals surface area contributed by atoms with Crippen LogP contribution < -0.4 is 5.73 Å². The highest BCUT2D eigenvalue weighted by Crippen LogP contribution is 2.34. The first-order chi connectivity index (χ1) is 9.67. The summed E-state index contributed by atoms with van der Waals surface area (Å²) in [6, 6.07) is 6.90. The topological polar surface area (TPSA) is 29.3 Å². The molecule has 2 rings (SSSR count). The molecule has 0 bridgehead atoms. The molecule has 0 spiro atoms. The second-order valence-electron chi connectivity index (χ2n) is 5.54. The maximum atomic E-state index is 6.17. The van der Waals surface area contributed by atoms with E-state index in [2.05, 4.69) is 33.8 Å². The van der Waals surface area contributed by atoms with Gasteiger partial charge in [0.05, 0.1) is 0 Å². The molecule has 0 aromatic heterocycles. The average Bonchev–Trinajstić information content (AvgIpc) is 2.48. The highest BCUT2D eigenvalue weighted by atomic mass is 79.9. The lowest BCUT2D eigenvalue weighted by Gasteiger charge is -2.39. The summed E-state index contributed by atoms with van der Waals surface area (Å²) in [5.74, 6) is 0. The van der Waals surface area contributed by atoms with Crippen molar-refractivity contribution in [2.75, 3.05) is 13.1 Å². The Morgan fingerprint density at radius 2 is 2.05 bits per heavy atom. The van der Waals surface area contributed by atoms with Crippen molar-refractivity contribution in [2.45, 2.75) is 51.1 Å². The van der Waals surface area contributed by atoms with Crippen molar-refractivity contribution in [2.24, 2.45) is 5.73 Å². The lowest BCUT2D eigenvalue weighted by atomic mass is 9.92. The van der Waals surface area contributed by atoms with E-state index >= 15 is 0 Å². The minimum absolute atomic E-state index is 0.246. The molecule has 112 valence electrons. The fraction of sp³-hybridized carbons (Fsp3) is 0.625. The third kappa shape index (κ3) is 3.76. The lowest BCUT2D eigenvalue weighted by Crippen LogP contribution is -2.42. The first-order valence-corrected chi connectivity index (χ1v) is 8.75. The third-order valence-electron chi connectivity index (χ3n) is 4.35. The molecule has 1 aliphatic carbocycles. The Kier molecular flexibility index (Phi) is 6.34. The molecular formula is C16H24BrClN2. The summed E-state index contributed by atoms with van der Waals surface area (Å²) in [6.07, 6.45) is 6.65. The first kappa shape index (κ1) is 16.3. The van der Waals surface area contributed by atoms with Gasteiger partial charge in [0.25, 0.3) is 0 Å². The van der Waals surface area contributed by atoms with E-state index in [1.807, 2.05) is 12.1 Å². The molecule has 20 heavy (non-hydrogen) atoms. The molecule has 0 amide bonds. The van der Waals surface area contributed by atoms with Gasteiger partial charge in [0.2, 0.25) is 0 Å². The van der Waals surface area contributed by atoms with E-state index in [1.165, 1.54) is 37.7 Å². The number of halogens is 2. The number of nitrogens with zero attached hydrogens (tertiary/aromatic N) is 1. The minimum atomic E-state index is 0.246. The molecule has 1 aliphatic rings. The van der Waals surface area contributed by atoms with Crippen LogP contribution in [0.4, 0.5) is 0 Å². The Bertz CT molecular complexity index is 432. The molecule has 0 aliphatic heterocycles. The molecule has 1 fully saturated rings. The van der Waals surface area contributed by atoms with Crippen molar-refractivity contribution in [3.8, 4) is 0 Å². The zero-order valence-electron chi connectivity index (χ0n) is 12.1. The summed E-state index contributed by atoms with van der Waals surface area (Å²) in [6.45, 7) is 3.89.